The molecular formula is C20H29NO3. The molecule has 1 aliphatic carbocycles. The van der Waals surface area contributed by atoms with Crippen LogP contribution in [0.2, 0.25) is 0 Å². The first-order valence-corrected chi connectivity index (χ1v) is 8.86. The van der Waals surface area contributed by atoms with Gasteiger partial charge in [-0.25, -0.2) is 0 Å². The van der Waals surface area contributed by atoms with Crippen LogP contribution in [0.4, 0.5) is 0 Å². The Kier molecular flexibility index (Phi) is 5.28. The van der Waals surface area contributed by atoms with E-state index in [-0.39, 0.29) is 11.7 Å². The Labute approximate surface area is 145 Å². The predicted octanol–water partition coefficient (Wildman–Crippen LogP) is 2.93. The van der Waals surface area contributed by atoms with Gasteiger partial charge in [0, 0.05) is 26.2 Å². The van der Waals surface area contributed by atoms with E-state index in [0.717, 1.165) is 50.9 Å². The van der Waals surface area contributed by atoms with Crippen LogP contribution in [0.15, 0.2) is 30.9 Å². The number of rotatable bonds is 6. The molecule has 3 rings (SSSR count). The zero-order valence-electron chi connectivity index (χ0n) is 14.8. The first kappa shape index (κ1) is 17.5. The second-order valence-electron chi connectivity index (χ2n) is 7.07. The molecule has 1 saturated heterocycles. The zero-order chi connectivity index (χ0) is 17.2. The first-order valence-electron chi connectivity index (χ1n) is 8.86. The number of ether oxygens (including phenoxy) is 2. The first-order chi connectivity index (χ1) is 11.6. The van der Waals surface area contributed by atoms with Gasteiger partial charge >= 0.3 is 0 Å². The third kappa shape index (κ3) is 3.23. The highest BCUT2D eigenvalue weighted by Crippen LogP contribution is 2.43. The summed E-state index contributed by atoms with van der Waals surface area (Å²) < 4.78 is 11.4. The number of nitrogens with zero attached hydrogens (tertiary/aromatic N) is 1. The number of allylic oxidation sites excluding steroid dienone is 1. The molecule has 3 atom stereocenters. The Bertz CT molecular complexity index is 588. The molecule has 0 spiro atoms. The van der Waals surface area contributed by atoms with Crippen molar-refractivity contribution >= 4 is 0 Å². The molecule has 0 unspecified atom stereocenters. The van der Waals surface area contributed by atoms with Gasteiger partial charge < -0.3 is 14.6 Å². The number of likely N-dealkylation sites (tertiary alicyclic amines) is 1. The molecule has 4 heteroatoms. The molecule has 1 aromatic rings. The van der Waals surface area contributed by atoms with E-state index in [1.54, 1.807) is 7.11 Å². The standard InChI is InChI=1S/C20H29NO3/c1-4-5-16-12-15(6-7-18(16)23-2)14-21-11-10-20(24-3)9-8-17(22)13-19(20)21/h4,6-7,12,17,19,22H,1,5,8-11,13-14H2,2-3H3/t17-,19-,20+/m0/s1. The van der Waals surface area contributed by atoms with Crippen molar-refractivity contribution in [3.8, 4) is 5.75 Å². The van der Waals surface area contributed by atoms with Gasteiger partial charge in [-0.2, -0.15) is 0 Å². The molecule has 4 nitrogen and oxygen atoms in total. The Hall–Kier alpha value is -1.36. The molecule has 0 amide bonds. The molecule has 24 heavy (non-hydrogen) atoms. The summed E-state index contributed by atoms with van der Waals surface area (Å²) in [4.78, 5) is 2.48. The second kappa shape index (κ2) is 7.26. The smallest absolute Gasteiger partial charge is 0.122 e. The Morgan fingerprint density at radius 2 is 2.21 bits per heavy atom. The molecule has 1 saturated carbocycles. The molecule has 0 radical (unpaired) electrons. The van der Waals surface area contributed by atoms with Gasteiger partial charge in [0.25, 0.3) is 0 Å². The topological polar surface area (TPSA) is 41.9 Å². The average molecular weight is 331 g/mol. The van der Waals surface area contributed by atoms with E-state index in [4.69, 9.17) is 9.47 Å². The molecule has 1 aromatic carbocycles. The second-order valence-corrected chi connectivity index (χ2v) is 7.07. The van der Waals surface area contributed by atoms with Crippen LogP contribution in [0.5, 0.6) is 5.75 Å². The van der Waals surface area contributed by atoms with Crippen molar-refractivity contribution < 1.29 is 14.6 Å². The van der Waals surface area contributed by atoms with E-state index in [0.29, 0.717) is 6.04 Å². The zero-order valence-corrected chi connectivity index (χ0v) is 14.8. The van der Waals surface area contributed by atoms with Crippen LogP contribution in [-0.4, -0.2) is 48.5 Å². The monoisotopic (exact) mass is 331 g/mol. The van der Waals surface area contributed by atoms with Crippen LogP contribution in [0.3, 0.4) is 0 Å². The summed E-state index contributed by atoms with van der Waals surface area (Å²) in [5.74, 6) is 0.916. The summed E-state index contributed by atoms with van der Waals surface area (Å²) in [6, 6.07) is 6.70. The molecule has 1 heterocycles. The summed E-state index contributed by atoms with van der Waals surface area (Å²) in [5.41, 5.74) is 2.38. The van der Waals surface area contributed by atoms with E-state index in [2.05, 4.69) is 23.6 Å². The average Bonchev–Trinajstić information content (AvgIpc) is 2.94. The summed E-state index contributed by atoms with van der Waals surface area (Å²) in [6.45, 7) is 5.74. The van der Waals surface area contributed by atoms with Gasteiger partial charge in [0.1, 0.15) is 5.75 Å². The van der Waals surface area contributed by atoms with E-state index >= 15 is 0 Å². The van der Waals surface area contributed by atoms with Crippen molar-refractivity contribution in [2.45, 2.75) is 56.4 Å². The van der Waals surface area contributed by atoms with Crippen molar-refractivity contribution in [1.82, 2.24) is 4.90 Å². The molecule has 1 aliphatic heterocycles. The fourth-order valence-corrected chi connectivity index (χ4v) is 4.44. The SMILES string of the molecule is C=CCc1cc(CN2CC[C@]3(OC)CC[C@H](O)C[C@H]23)ccc1OC. The summed E-state index contributed by atoms with van der Waals surface area (Å²) in [5, 5.41) is 10.1. The predicted molar refractivity (Wildman–Crippen MR) is 95.3 cm³/mol. The minimum absolute atomic E-state index is 0.0738. The van der Waals surface area contributed by atoms with E-state index in [1.807, 2.05) is 19.3 Å². The highest BCUT2D eigenvalue weighted by Gasteiger charge is 2.50. The highest BCUT2D eigenvalue weighted by molar-refractivity contribution is 5.38. The maximum absolute atomic E-state index is 10.1. The summed E-state index contributed by atoms with van der Waals surface area (Å²) >= 11 is 0. The van der Waals surface area contributed by atoms with Crippen LogP contribution in [-0.2, 0) is 17.7 Å². The Morgan fingerprint density at radius 1 is 1.38 bits per heavy atom. The Balaban J connectivity index is 1.78. The van der Waals surface area contributed by atoms with Crippen molar-refractivity contribution in [1.29, 1.82) is 0 Å². The third-order valence-electron chi connectivity index (χ3n) is 5.77. The Morgan fingerprint density at radius 3 is 2.92 bits per heavy atom. The molecule has 0 bridgehead atoms. The minimum atomic E-state index is -0.203. The van der Waals surface area contributed by atoms with Gasteiger partial charge in [0.2, 0.25) is 0 Å². The fourth-order valence-electron chi connectivity index (χ4n) is 4.44. The van der Waals surface area contributed by atoms with E-state index in [9.17, 15) is 5.11 Å². The van der Waals surface area contributed by atoms with Crippen molar-refractivity contribution in [3.05, 3.63) is 42.0 Å². The number of aliphatic hydroxyl groups is 1. The number of hydrogen-bond acceptors (Lipinski definition) is 4. The summed E-state index contributed by atoms with van der Waals surface area (Å²) in [6.07, 6.45) is 6.18. The van der Waals surface area contributed by atoms with Crippen LogP contribution >= 0.6 is 0 Å². The largest absolute Gasteiger partial charge is 0.496 e. The number of aliphatic hydroxyl groups excluding tert-OH is 1. The maximum Gasteiger partial charge on any atom is 0.122 e. The third-order valence-corrected chi connectivity index (χ3v) is 5.77. The molecule has 1 N–H and O–H groups in total. The van der Waals surface area contributed by atoms with Gasteiger partial charge in [-0.3, -0.25) is 4.90 Å². The highest BCUT2D eigenvalue weighted by atomic mass is 16.5. The lowest BCUT2D eigenvalue weighted by Gasteiger charge is -2.42. The number of methoxy groups -OCH3 is 2. The van der Waals surface area contributed by atoms with Crippen molar-refractivity contribution in [3.63, 3.8) is 0 Å². The fraction of sp³-hybridized carbons (Fsp3) is 0.600. The van der Waals surface area contributed by atoms with E-state index < -0.39 is 0 Å². The van der Waals surface area contributed by atoms with Crippen LogP contribution in [0, 0.1) is 0 Å². The van der Waals surface area contributed by atoms with Crippen LogP contribution in [0.1, 0.15) is 36.8 Å². The van der Waals surface area contributed by atoms with E-state index in [1.165, 1.54) is 11.1 Å². The molecule has 132 valence electrons. The lowest BCUT2D eigenvalue weighted by molar-refractivity contribution is -0.0879. The molecular weight excluding hydrogens is 302 g/mol. The number of fused-ring (bicyclic) bond motifs is 1. The van der Waals surface area contributed by atoms with Gasteiger partial charge in [-0.1, -0.05) is 18.2 Å². The normalized spacial score (nSPS) is 30.1. The number of benzene rings is 1. The van der Waals surface area contributed by atoms with Gasteiger partial charge in [0.15, 0.2) is 0 Å². The van der Waals surface area contributed by atoms with Gasteiger partial charge in [-0.05, 0) is 49.3 Å². The van der Waals surface area contributed by atoms with Gasteiger partial charge in [0.05, 0.1) is 18.8 Å². The molecule has 0 aromatic heterocycles. The maximum atomic E-state index is 10.1. The van der Waals surface area contributed by atoms with Crippen molar-refractivity contribution in [2.24, 2.45) is 0 Å². The van der Waals surface area contributed by atoms with Crippen LogP contribution < -0.4 is 4.74 Å². The lowest BCUT2D eigenvalue weighted by atomic mass is 9.79. The minimum Gasteiger partial charge on any atom is -0.496 e. The van der Waals surface area contributed by atoms with Gasteiger partial charge in [-0.15, -0.1) is 6.58 Å². The summed E-state index contributed by atoms with van der Waals surface area (Å²) in [7, 11) is 3.53. The quantitative estimate of drug-likeness (QED) is 0.814. The van der Waals surface area contributed by atoms with Crippen molar-refractivity contribution in [2.75, 3.05) is 20.8 Å². The molecule has 2 aliphatic rings. The lowest BCUT2D eigenvalue weighted by Crippen LogP contribution is -2.51. The molecule has 2 fully saturated rings. The number of hydrogen-bond donors (Lipinski definition) is 1. The van der Waals surface area contributed by atoms with Crippen LogP contribution in [0.25, 0.3) is 0 Å².